The molecule has 1 atom stereocenters. The molecule has 1 heterocycles. The van der Waals surface area contributed by atoms with Crippen molar-refractivity contribution in [1.82, 2.24) is 10.2 Å². The summed E-state index contributed by atoms with van der Waals surface area (Å²) in [5.74, 6) is 2.49. The predicted molar refractivity (Wildman–Crippen MR) is 108 cm³/mol. The largest absolute Gasteiger partial charge is 0.493 e. The number of hydrogen-bond acceptors (Lipinski definition) is 4. The minimum absolute atomic E-state index is 0. The predicted octanol–water partition coefficient (Wildman–Crippen LogP) is 4.07. The standard InChI is InChI=1S/C19H30N2O2.2ClH/c1-22-17-10-6-9-16(19(17)23-2)18(15-7-4-3-5-8-15)21-13-11-20-12-14-21;;/h6,9-10,15,18,20H,3-5,7-8,11-14H2,1-2H3;2*1H/t18-;;/m0../s1. The first-order valence-corrected chi connectivity index (χ1v) is 9.01. The Hall–Kier alpha value is -0.680. The van der Waals surface area contributed by atoms with Gasteiger partial charge in [-0.15, -0.1) is 24.8 Å². The molecule has 0 radical (unpaired) electrons. The van der Waals surface area contributed by atoms with E-state index in [1.54, 1.807) is 14.2 Å². The molecule has 0 unspecified atom stereocenters. The minimum Gasteiger partial charge on any atom is -0.493 e. The molecule has 0 aromatic heterocycles. The summed E-state index contributed by atoms with van der Waals surface area (Å²) in [5.41, 5.74) is 1.31. The number of piperazine rings is 1. The van der Waals surface area contributed by atoms with Crippen molar-refractivity contribution >= 4 is 24.8 Å². The van der Waals surface area contributed by atoms with Crippen molar-refractivity contribution in [2.75, 3.05) is 40.4 Å². The highest BCUT2D eigenvalue weighted by molar-refractivity contribution is 5.85. The third-order valence-corrected chi connectivity index (χ3v) is 5.39. The molecule has 4 nitrogen and oxygen atoms in total. The zero-order valence-corrected chi connectivity index (χ0v) is 17.0. The van der Waals surface area contributed by atoms with Gasteiger partial charge >= 0.3 is 0 Å². The lowest BCUT2D eigenvalue weighted by Crippen LogP contribution is -2.47. The van der Waals surface area contributed by atoms with Gasteiger partial charge in [0.1, 0.15) is 0 Å². The SMILES string of the molecule is COc1cccc([C@H](C2CCCCC2)N2CCNCC2)c1OC.Cl.Cl. The Kier molecular flexibility index (Phi) is 9.95. The van der Waals surface area contributed by atoms with E-state index in [2.05, 4.69) is 22.3 Å². The second-order valence-corrected chi connectivity index (χ2v) is 6.71. The van der Waals surface area contributed by atoms with Gasteiger partial charge in [-0.25, -0.2) is 0 Å². The van der Waals surface area contributed by atoms with Crippen LogP contribution in [0.5, 0.6) is 11.5 Å². The molecular weight excluding hydrogens is 359 g/mol. The van der Waals surface area contributed by atoms with Crippen LogP contribution in [0.4, 0.5) is 0 Å². The summed E-state index contributed by atoms with van der Waals surface area (Å²) in [4.78, 5) is 2.66. The lowest BCUT2D eigenvalue weighted by atomic mass is 9.79. The molecule has 3 rings (SSSR count). The fourth-order valence-corrected chi connectivity index (χ4v) is 4.30. The first-order valence-electron chi connectivity index (χ1n) is 9.01. The molecule has 0 bridgehead atoms. The molecule has 1 aliphatic heterocycles. The van der Waals surface area contributed by atoms with Crippen molar-refractivity contribution in [3.05, 3.63) is 23.8 Å². The maximum Gasteiger partial charge on any atom is 0.165 e. The van der Waals surface area contributed by atoms with Crippen LogP contribution in [0.1, 0.15) is 43.7 Å². The van der Waals surface area contributed by atoms with Crippen molar-refractivity contribution < 1.29 is 9.47 Å². The Morgan fingerprint density at radius 1 is 1.00 bits per heavy atom. The van der Waals surface area contributed by atoms with Gasteiger partial charge in [0.05, 0.1) is 14.2 Å². The van der Waals surface area contributed by atoms with Gasteiger partial charge in [0.25, 0.3) is 0 Å². The summed E-state index contributed by atoms with van der Waals surface area (Å²) in [6.07, 6.45) is 6.77. The maximum atomic E-state index is 5.76. The van der Waals surface area contributed by atoms with Gasteiger partial charge in [-0.3, -0.25) is 4.90 Å². The highest BCUT2D eigenvalue weighted by atomic mass is 35.5. The van der Waals surface area contributed by atoms with Crippen LogP contribution in [0, 0.1) is 5.92 Å². The topological polar surface area (TPSA) is 33.7 Å². The van der Waals surface area contributed by atoms with Crippen LogP contribution in [0.2, 0.25) is 0 Å². The fourth-order valence-electron chi connectivity index (χ4n) is 4.30. The normalized spacial score (nSPS) is 20.1. The number of halogens is 2. The molecule has 25 heavy (non-hydrogen) atoms. The molecule has 1 aromatic rings. The first kappa shape index (κ1) is 22.4. The summed E-state index contributed by atoms with van der Waals surface area (Å²) >= 11 is 0. The third-order valence-electron chi connectivity index (χ3n) is 5.39. The number of para-hydroxylation sites is 1. The van der Waals surface area contributed by atoms with Crippen molar-refractivity contribution in [1.29, 1.82) is 0 Å². The van der Waals surface area contributed by atoms with E-state index < -0.39 is 0 Å². The summed E-state index contributed by atoms with van der Waals surface area (Å²) < 4.78 is 11.3. The zero-order chi connectivity index (χ0) is 16.1. The summed E-state index contributed by atoms with van der Waals surface area (Å²) in [7, 11) is 3.49. The molecule has 6 heteroatoms. The molecule has 2 fully saturated rings. The molecular formula is C19H32Cl2N2O2. The van der Waals surface area contributed by atoms with Gasteiger partial charge in [0, 0.05) is 37.8 Å². The van der Waals surface area contributed by atoms with Gasteiger partial charge in [0.15, 0.2) is 11.5 Å². The van der Waals surface area contributed by atoms with Crippen LogP contribution < -0.4 is 14.8 Å². The van der Waals surface area contributed by atoms with Gasteiger partial charge in [-0.05, 0) is 24.8 Å². The zero-order valence-electron chi connectivity index (χ0n) is 15.3. The van der Waals surface area contributed by atoms with Crippen LogP contribution in [0.25, 0.3) is 0 Å². The molecule has 1 aliphatic carbocycles. The lowest BCUT2D eigenvalue weighted by molar-refractivity contribution is 0.101. The molecule has 1 N–H and O–H groups in total. The van der Waals surface area contributed by atoms with Gasteiger partial charge in [-0.1, -0.05) is 31.4 Å². The van der Waals surface area contributed by atoms with Gasteiger partial charge < -0.3 is 14.8 Å². The smallest absolute Gasteiger partial charge is 0.165 e. The summed E-state index contributed by atoms with van der Waals surface area (Å²) in [5, 5.41) is 3.48. The van der Waals surface area contributed by atoms with Crippen LogP contribution in [0.15, 0.2) is 18.2 Å². The van der Waals surface area contributed by atoms with Crippen molar-refractivity contribution in [3.63, 3.8) is 0 Å². The van der Waals surface area contributed by atoms with Crippen molar-refractivity contribution in [3.8, 4) is 11.5 Å². The monoisotopic (exact) mass is 390 g/mol. The summed E-state index contributed by atoms with van der Waals surface area (Å²) in [6, 6.07) is 6.79. The number of methoxy groups -OCH3 is 2. The quantitative estimate of drug-likeness (QED) is 0.820. The Morgan fingerprint density at radius 3 is 2.28 bits per heavy atom. The number of benzene rings is 1. The number of ether oxygens (including phenoxy) is 2. The average Bonchev–Trinajstić information content (AvgIpc) is 2.63. The van der Waals surface area contributed by atoms with Crippen LogP contribution in [0.3, 0.4) is 0 Å². The number of nitrogens with one attached hydrogen (secondary N) is 1. The third kappa shape index (κ3) is 5.16. The molecule has 1 saturated heterocycles. The van der Waals surface area contributed by atoms with Crippen LogP contribution >= 0.6 is 24.8 Å². The highest BCUT2D eigenvalue weighted by Gasteiger charge is 2.33. The van der Waals surface area contributed by atoms with Crippen molar-refractivity contribution in [2.24, 2.45) is 5.92 Å². The van der Waals surface area contributed by atoms with Gasteiger partial charge in [0.2, 0.25) is 0 Å². The first-order chi connectivity index (χ1) is 11.3. The number of nitrogens with zero attached hydrogens (tertiary/aromatic N) is 1. The van der Waals surface area contributed by atoms with E-state index >= 15 is 0 Å². The Morgan fingerprint density at radius 2 is 1.68 bits per heavy atom. The van der Waals surface area contributed by atoms with E-state index in [4.69, 9.17) is 9.47 Å². The minimum atomic E-state index is 0. The average molecular weight is 391 g/mol. The van der Waals surface area contributed by atoms with E-state index in [0.717, 1.165) is 43.6 Å². The molecule has 0 spiro atoms. The number of hydrogen-bond donors (Lipinski definition) is 1. The van der Waals surface area contributed by atoms with E-state index in [0.29, 0.717) is 6.04 Å². The highest BCUT2D eigenvalue weighted by Crippen LogP contribution is 2.44. The van der Waals surface area contributed by atoms with E-state index in [9.17, 15) is 0 Å². The van der Waals surface area contributed by atoms with Crippen LogP contribution in [-0.4, -0.2) is 45.3 Å². The summed E-state index contributed by atoms with van der Waals surface area (Å²) in [6.45, 7) is 4.38. The lowest BCUT2D eigenvalue weighted by Gasteiger charge is -2.41. The number of rotatable bonds is 5. The van der Waals surface area contributed by atoms with Crippen molar-refractivity contribution in [2.45, 2.75) is 38.1 Å². The maximum absolute atomic E-state index is 5.76. The van der Waals surface area contributed by atoms with Crippen LogP contribution in [-0.2, 0) is 0 Å². The molecule has 2 aliphatic rings. The molecule has 144 valence electrons. The Balaban J connectivity index is 0.00000156. The molecule has 0 amide bonds. The van der Waals surface area contributed by atoms with Gasteiger partial charge in [-0.2, -0.15) is 0 Å². The van der Waals surface area contributed by atoms with E-state index in [1.807, 2.05) is 6.07 Å². The molecule has 1 aromatic carbocycles. The van der Waals surface area contributed by atoms with E-state index in [-0.39, 0.29) is 24.8 Å². The molecule has 1 saturated carbocycles. The Bertz CT molecular complexity index is 486. The second-order valence-electron chi connectivity index (χ2n) is 6.71. The second kappa shape index (κ2) is 11.1. The van der Waals surface area contributed by atoms with E-state index in [1.165, 1.54) is 37.7 Å². The fraction of sp³-hybridized carbons (Fsp3) is 0.684. The Labute approximate surface area is 164 Å².